The molecule has 2 amide bonds. The average Bonchev–Trinajstić information content (AvgIpc) is 2.91. The summed E-state index contributed by atoms with van der Waals surface area (Å²) in [6, 6.07) is 10.5. The number of aryl methyl sites for hydroxylation is 3. The maximum absolute atomic E-state index is 12.9. The zero-order chi connectivity index (χ0) is 17.4. The Labute approximate surface area is 144 Å². The van der Waals surface area contributed by atoms with Crippen LogP contribution in [-0.4, -0.2) is 22.0 Å². The molecule has 0 aliphatic carbocycles. The summed E-state index contributed by atoms with van der Waals surface area (Å²) in [5.74, 6) is 0.365. The number of aromatic nitrogens is 1. The van der Waals surface area contributed by atoms with Crippen LogP contribution in [0.5, 0.6) is 0 Å². The molecule has 0 saturated carbocycles. The van der Waals surface area contributed by atoms with E-state index in [1.165, 1.54) is 22.5 Å². The first-order valence-corrected chi connectivity index (χ1v) is 8.69. The Morgan fingerprint density at radius 3 is 2.50 bits per heavy atom. The summed E-state index contributed by atoms with van der Waals surface area (Å²) in [5.41, 5.74) is 5.80. The van der Waals surface area contributed by atoms with Gasteiger partial charge < -0.3 is 14.8 Å². The number of carbonyl (C=O) groups is 1. The zero-order valence-corrected chi connectivity index (χ0v) is 15.3. The van der Waals surface area contributed by atoms with Crippen molar-refractivity contribution < 1.29 is 4.79 Å². The minimum Gasteiger partial charge on any atom is -0.345 e. The number of carbonyl (C=O) groups excluding carboxylic acids is 1. The smallest absolute Gasteiger partial charge is 0.322 e. The number of hydrogen-bond donors (Lipinski definition) is 1. The molecule has 3 rings (SSSR count). The van der Waals surface area contributed by atoms with Crippen molar-refractivity contribution in [3.63, 3.8) is 0 Å². The molecule has 1 aliphatic rings. The van der Waals surface area contributed by atoms with Gasteiger partial charge in [0.15, 0.2) is 0 Å². The highest BCUT2D eigenvalue weighted by Gasteiger charge is 2.33. The molecule has 2 heterocycles. The molecular weight excluding hydrogens is 298 g/mol. The third-order valence-electron chi connectivity index (χ3n) is 5.09. The van der Waals surface area contributed by atoms with E-state index in [1.54, 1.807) is 0 Å². The molecule has 4 heteroatoms. The summed E-state index contributed by atoms with van der Waals surface area (Å²) in [6.45, 7) is 12.2. The number of rotatable bonds is 2. The van der Waals surface area contributed by atoms with Crippen LogP contribution in [0.25, 0.3) is 0 Å². The fourth-order valence-electron chi connectivity index (χ4n) is 3.60. The van der Waals surface area contributed by atoms with Gasteiger partial charge in [0.05, 0.1) is 6.04 Å². The van der Waals surface area contributed by atoms with Gasteiger partial charge in [0.25, 0.3) is 0 Å². The third kappa shape index (κ3) is 2.93. The standard InChI is InChI=1S/C20H27N3O/c1-13(2)19-18-9-7-16(5)22(18)10-11-23(19)20(24)21-17-8-6-14(3)15(4)12-17/h6-9,12-13,19H,10-11H2,1-5H3,(H,21,24)/t19-/m0/s1. The monoisotopic (exact) mass is 325 g/mol. The van der Waals surface area contributed by atoms with Crippen molar-refractivity contribution >= 4 is 11.7 Å². The molecule has 0 radical (unpaired) electrons. The van der Waals surface area contributed by atoms with Gasteiger partial charge in [-0.2, -0.15) is 0 Å². The molecule has 0 saturated heterocycles. The fourth-order valence-corrected chi connectivity index (χ4v) is 3.60. The predicted octanol–water partition coefficient (Wildman–Crippen LogP) is 4.66. The van der Waals surface area contributed by atoms with Gasteiger partial charge in [-0.1, -0.05) is 19.9 Å². The van der Waals surface area contributed by atoms with Crippen LogP contribution in [0.1, 0.15) is 42.4 Å². The fraction of sp³-hybridized carbons (Fsp3) is 0.450. The van der Waals surface area contributed by atoms with Crippen molar-refractivity contribution in [1.82, 2.24) is 9.47 Å². The minimum atomic E-state index is -0.0120. The molecule has 1 N–H and O–H groups in total. The van der Waals surface area contributed by atoms with Crippen LogP contribution in [0.3, 0.4) is 0 Å². The maximum Gasteiger partial charge on any atom is 0.322 e. The lowest BCUT2D eigenvalue weighted by Crippen LogP contribution is -2.46. The summed E-state index contributed by atoms with van der Waals surface area (Å²) >= 11 is 0. The highest BCUT2D eigenvalue weighted by atomic mass is 16.2. The van der Waals surface area contributed by atoms with Gasteiger partial charge in [0, 0.05) is 30.2 Å². The van der Waals surface area contributed by atoms with E-state index in [4.69, 9.17) is 0 Å². The van der Waals surface area contributed by atoms with Gasteiger partial charge in [0.2, 0.25) is 0 Å². The first-order chi connectivity index (χ1) is 11.4. The number of urea groups is 1. The van der Waals surface area contributed by atoms with E-state index >= 15 is 0 Å². The van der Waals surface area contributed by atoms with E-state index in [-0.39, 0.29) is 12.1 Å². The van der Waals surface area contributed by atoms with Gasteiger partial charge in [-0.15, -0.1) is 0 Å². The average molecular weight is 325 g/mol. The topological polar surface area (TPSA) is 37.3 Å². The van der Waals surface area contributed by atoms with E-state index < -0.39 is 0 Å². The number of nitrogens with one attached hydrogen (secondary N) is 1. The highest BCUT2D eigenvalue weighted by molar-refractivity contribution is 5.89. The molecule has 4 nitrogen and oxygen atoms in total. The number of hydrogen-bond acceptors (Lipinski definition) is 1. The molecule has 0 unspecified atom stereocenters. The van der Waals surface area contributed by atoms with Crippen LogP contribution in [-0.2, 0) is 6.54 Å². The van der Waals surface area contributed by atoms with Crippen LogP contribution >= 0.6 is 0 Å². The number of benzene rings is 1. The summed E-state index contributed by atoms with van der Waals surface area (Å²) in [4.78, 5) is 14.9. The molecule has 1 aromatic heterocycles. The van der Waals surface area contributed by atoms with E-state index in [9.17, 15) is 4.79 Å². The van der Waals surface area contributed by atoms with Crippen LogP contribution < -0.4 is 5.32 Å². The molecular formula is C20H27N3O. The second-order valence-corrected chi connectivity index (χ2v) is 7.16. The van der Waals surface area contributed by atoms with Gasteiger partial charge in [-0.25, -0.2) is 4.79 Å². The molecule has 1 aromatic carbocycles. The molecule has 128 valence electrons. The quantitative estimate of drug-likeness (QED) is 0.857. The Kier molecular flexibility index (Phi) is 4.39. The Hall–Kier alpha value is -2.23. The Balaban J connectivity index is 1.84. The summed E-state index contributed by atoms with van der Waals surface area (Å²) < 4.78 is 2.34. The summed E-state index contributed by atoms with van der Waals surface area (Å²) in [6.07, 6.45) is 0. The predicted molar refractivity (Wildman–Crippen MR) is 98.4 cm³/mol. The molecule has 2 aromatic rings. The van der Waals surface area contributed by atoms with Crippen molar-refractivity contribution in [2.45, 2.75) is 47.2 Å². The van der Waals surface area contributed by atoms with E-state index in [1.807, 2.05) is 17.0 Å². The normalized spacial score (nSPS) is 17.1. The molecule has 24 heavy (non-hydrogen) atoms. The lowest BCUT2D eigenvalue weighted by atomic mass is 9.97. The molecule has 0 spiro atoms. The van der Waals surface area contributed by atoms with E-state index in [0.29, 0.717) is 5.92 Å². The van der Waals surface area contributed by atoms with Crippen LogP contribution in [0.4, 0.5) is 10.5 Å². The Morgan fingerprint density at radius 1 is 1.08 bits per heavy atom. The first-order valence-electron chi connectivity index (χ1n) is 8.69. The number of amides is 2. The number of nitrogens with zero attached hydrogens (tertiary/aromatic N) is 2. The molecule has 0 bridgehead atoms. The van der Waals surface area contributed by atoms with Gasteiger partial charge in [0.1, 0.15) is 0 Å². The number of anilines is 1. The summed E-state index contributed by atoms with van der Waals surface area (Å²) in [7, 11) is 0. The third-order valence-corrected chi connectivity index (χ3v) is 5.09. The first kappa shape index (κ1) is 16.6. The molecule has 1 aliphatic heterocycles. The largest absolute Gasteiger partial charge is 0.345 e. The second kappa shape index (κ2) is 6.34. The van der Waals surface area contributed by atoms with Crippen molar-refractivity contribution in [2.75, 3.05) is 11.9 Å². The van der Waals surface area contributed by atoms with Crippen LogP contribution in [0.2, 0.25) is 0 Å². The number of fused-ring (bicyclic) bond motifs is 1. The lowest BCUT2D eigenvalue weighted by Gasteiger charge is -2.39. The van der Waals surface area contributed by atoms with Crippen molar-refractivity contribution in [2.24, 2.45) is 5.92 Å². The Morgan fingerprint density at radius 2 is 1.83 bits per heavy atom. The maximum atomic E-state index is 12.9. The van der Waals surface area contributed by atoms with Crippen LogP contribution in [0, 0.1) is 26.7 Å². The SMILES string of the molecule is Cc1ccc(NC(=O)N2CCn3c(C)ccc3[C@@H]2C(C)C)cc1C. The zero-order valence-electron chi connectivity index (χ0n) is 15.3. The van der Waals surface area contributed by atoms with Crippen LogP contribution in [0.15, 0.2) is 30.3 Å². The summed E-state index contributed by atoms with van der Waals surface area (Å²) in [5, 5.41) is 3.08. The van der Waals surface area contributed by atoms with Crippen molar-refractivity contribution in [1.29, 1.82) is 0 Å². The van der Waals surface area contributed by atoms with Gasteiger partial charge in [-0.05, 0) is 62.1 Å². The minimum absolute atomic E-state index is 0.0120. The highest BCUT2D eigenvalue weighted by Crippen LogP contribution is 2.34. The van der Waals surface area contributed by atoms with Gasteiger partial charge >= 0.3 is 6.03 Å². The second-order valence-electron chi connectivity index (χ2n) is 7.16. The molecule has 0 fully saturated rings. The Bertz CT molecular complexity index is 760. The van der Waals surface area contributed by atoms with Crippen molar-refractivity contribution in [3.8, 4) is 0 Å². The molecule has 1 atom stereocenters. The van der Waals surface area contributed by atoms with Gasteiger partial charge in [-0.3, -0.25) is 0 Å². The lowest BCUT2D eigenvalue weighted by molar-refractivity contribution is 0.143. The van der Waals surface area contributed by atoms with Crippen molar-refractivity contribution in [3.05, 3.63) is 52.8 Å². The van der Waals surface area contributed by atoms with E-state index in [2.05, 4.69) is 62.7 Å². The van der Waals surface area contributed by atoms with E-state index in [0.717, 1.165) is 18.8 Å².